The number of benzene rings is 2. The molecule has 0 spiro atoms. The molecule has 0 fully saturated rings. The first-order chi connectivity index (χ1) is 16.0. The highest BCUT2D eigenvalue weighted by Crippen LogP contribution is 2.36. The fourth-order valence-corrected chi connectivity index (χ4v) is 3.65. The minimum atomic E-state index is -2.68. The van der Waals surface area contributed by atoms with Crippen LogP contribution in [0.2, 0.25) is 0 Å². The molecule has 2 aromatic carbocycles. The molecule has 0 saturated heterocycles. The van der Waals surface area contributed by atoms with E-state index >= 15 is 0 Å². The summed E-state index contributed by atoms with van der Waals surface area (Å²) in [7, 11) is 4.42. The van der Waals surface area contributed by atoms with Crippen LogP contribution in [0.15, 0.2) is 65.9 Å². The number of amidine groups is 1. The topological polar surface area (TPSA) is 78.8 Å². The summed E-state index contributed by atoms with van der Waals surface area (Å²) in [6.45, 7) is 0. The van der Waals surface area contributed by atoms with Gasteiger partial charge in [-0.2, -0.15) is 10.2 Å². The smallest absolute Gasteiger partial charge is 0.302 e. The molecule has 4 aromatic rings. The van der Waals surface area contributed by atoms with Crippen molar-refractivity contribution in [3.8, 4) is 34.5 Å². The number of ether oxygens (including phenoxy) is 1. The lowest BCUT2D eigenvalue weighted by Gasteiger charge is -2.21. The first-order valence-electron chi connectivity index (χ1n) is 9.99. The van der Waals surface area contributed by atoms with Crippen molar-refractivity contribution in [1.82, 2.24) is 14.4 Å². The van der Waals surface area contributed by atoms with Crippen LogP contribution >= 0.6 is 0 Å². The number of aromatic nitrogens is 3. The highest BCUT2D eigenvalue weighted by atomic mass is 19.3. The number of imidazole rings is 1. The van der Waals surface area contributed by atoms with E-state index < -0.39 is 6.43 Å². The maximum atomic E-state index is 13.3. The number of methoxy groups -OCH3 is 1. The van der Waals surface area contributed by atoms with Crippen molar-refractivity contribution in [3.63, 3.8) is 0 Å². The first kappa shape index (κ1) is 21.9. The fourth-order valence-electron chi connectivity index (χ4n) is 3.65. The largest absolute Gasteiger partial charge is 0.468 e. The van der Waals surface area contributed by atoms with Gasteiger partial charge in [0.1, 0.15) is 0 Å². The number of halogens is 2. The molecule has 33 heavy (non-hydrogen) atoms. The number of hydrogen-bond donors (Lipinski definition) is 0. The van der Waals surface area contributed by atoms with Crippen molar-refractivity contribution >= 4 is 17.2 Å². The summed E-state index contributed by atoms with van der Waals surface area (Å²) in [5.41, 5.74) is 4.69. The minimum Gasteiger partial charge on any atom is -0.468 e. The van der Waals surface area contributed by atoms with Gasteiger partial charge in [0, 0.05) is 37.7 Å². The van der Waals surface area contributed by atoms with Crippen LogP contribution in [0.5, 0.6) is 6.01 Å². The molecule has 2 aromatic heterocycles. The van der Waals surface area contributed by atoms with Gasteiger partial charge >= 0.3 is 6.01 Å². The Labute approximate surface area is 189 Å². The Morgan fingerprint density at radius 3 is 2.36 bits per heavy atom. The normalized spacial score (nSPS) is 11.6. The Balaban J connectivity index is 1.88. The van der Waals surface area contributed by atoms with Gasteiger partial charge in [0.15, 0.2) is 11.5 Å². The van der Waals surface area contributed by atoms with E-state index in [1.54, 1.807) is 48.1 Å². The van der Waals surface area contributed by atoms with E-state index in [1.807, 2.05) is 24.3 Å². The zero-order chi connectivity index (χ0) is 23.5. The van der Waals surface area contributed by atoms with E-state index in [1.165, 1.54) is 19.1 Å². The van der Waals surface area contributed by atoms with Crippen LogP contribution in [-0.2, 0) is 0 Å². The van der Waals surface area contributed by atoms with E-state index in [4.69, 9.17) is 15.0 Å². The molecule has 0 radical (unpaired) electrons. The molecule has 0 aliphatic heterocycles. The molecule has 9 heteroatoms. The minimum absolute atomic E-state index is 0.317. The van der Waals surface area contributed by atoms with Crippen molar-refractivity contribution in [2.24, 2.45) is 4.99 Å². The van der Waals surface area contributed by atoms with Gasteiger partial charge in [-0.05, 0) is 29.8 Å². The number of hydrogen-bond acceptors (Lipinski definition) is 5. The van der Waals surface area contributed by atoms with Gasteiger partial charge in [0.25, 0.3) is 6.43 Å². The second-order valence-corrected chi connectivity index (χ2v) is 7.12. The van der Waals surface area contributed by atoms with Crippen molar-refractivity contribution in [1.29, 1.82) is 5.26 Å². The van der Waals surface area contributed by atoms with E-state index in [2.05, 4.69) is 16.0 Å². The van der Waals surface area contributed by atoms with Crippen LogP contribution in [0.25, 0.3) is 28.0 Å². The Morgan fingerprint density at radius 2 is 1.79 bits per heavy atom. The standard InChI is InChI=1S/C24H20F2N6O/c1-28-23(21(25)26)31(2)18-10-8-16(9-11-18)19-20(17-6-4-15(14-27)5-7-17)30-24(33-3)32-13-12-29-22(19)32/h4-13,21H,1-3H3/b28-23-. The lowest BCUT2D eigenvalue weighted by molar-refractivity contribution is 0.223. The fraction of sp³-hybridized carbons (Fsp3) is 0.167. The molecule has 166 valence electrons. The second-order valence-electron chi connectivity index (χ2n) is 7.12. The predicted octanol–water partition coefficient (Wildman–Crippen LogP) is 4.67. The molecule has 0 bridgehead atoms. The van der Waals surface area contributed by atoms with Crippen LogP contribution in [0.4, 0.5) is 14.5 Å². The zero-order valence-electron chi connectivity index (χ0n) is 18.2. The van der Waals surface area contributed by atoms with Gasteiger partial charge in [-0.1, -0.05) is 24.3 Å². The Morgan fingerprint density at radius 1 is 1.12 bits per heavy atom. The highest BCUT2D eigenvalue weighted by Gasteiger charge is 2.21. The van der Waals surface area contributed by atoms with Gasteiger partial charge < -0.3 is 9.64 Å². The van der Waals surface area contributed by atoms with Crippen molar-refractivity contribution in [2.75, 3.05) is 26.1 Å². The first-order valence-corrected chi connectivity index (χ1v) is 9.99. The Kier molecular flexibility index (Phi) is 6.00. The number of nitriles is 1. The van der Waals surface area contributed by atoms with Crippen molar-refractivity contribution in [3.05, 3.63) is 66.5 Å². The van der Waals surface area contributed by atoms with E-state index in [9.17, 15) is 8.78 Å². The van der Waals surface area contributed by atoms with Gasteiger partial charge in [0.2, 0.25) is 0 Å². The third kappa shape index (κ3) is 3.99. The lowest BCUT2D eigenvalue weighted by Crippen LogP contribution is -2.32. The van der Waals surface area contributed by atoms with Crippen molar-refractivity contribution < 1.29 is 13.5 Å². The summed E-state index contributed by atoms with van der Waals surface area (Å²) in [5, 5.41) is 9.13. The quantitative estimate of drug-likeness (QED) is 0.329. The molecule has 0 unspecified atom stereocenters. The van der Waals surface area contributed by atoms with Gasteiger partial charge in [-0.15, -0.1) is 0 Å². The summed E-state index contributed by atoms with van der Waals surface area (Å²) in [4.78, 5) is 14.3. The molecule has 0 amide bonds. The molecular weight excluding hydrogens is 426 g/mol. The van der Waals surface area contributed by atoms with Crippen LogP contribution in [0, 0.1) is 11.3 Å². The predicted molar refractivity (Wildman–Crippen MR) is 123 cm³/mol. The van der Waals surface area contributed by atoms with Crippen LogP contribution in [0.1, 0.15) is 5.56 Å². The molecule has 0 aliphatic rings. The van der Waals surface area contributed by atoms with Gasteiger partial charge in [-0.25, -0.2) is 13.8 Å². The number of fused-ring (bicyclic) bond motifs is 1. The average molecular weight is 446 g/mol. The number of anilines is 1. The SMILES string of the molecule is C/N=C(/C(F)F)N(C)c1ccc(-c2c(-c3ccc(C#N)cc3)nc(OC)n3ccnc23)cc1. The van der Waals surface area contributed by atoms with Gasteiger partial charge in [-0.3, -0.25) is 9.39 Å². The van der Waals surface area contributed by atoms with E-state index in [0.717, 1.165) is 16.7 Å². The van der Waals surface area contributed by atoms with Crippen LogP contribution in [0.3, 0.4) is 0 Å². The number of aliphatic imine (C=N–C) groups is 1. The summed E-state index contributed by atoms with van der Waals surface area (Å²) in [6, 6.07) is 16.7. The molecule has 0 aliphatic carbocycles. The zero-order valence-corrected chi connectivity index (χ0v) is 18.2. The van der Waals surface area contributed by atoms with Crippen LogP contribution in [-0.4, -0.2) is 47.8 Å². The molecule has 2 heterocycles. The monoisotopic (exact) mass is 446 g/mol. The maximum absolute atomic E-state index is 13.3. The number of alkyl halides is 2. The van der Waals surface area contributed by atoms with E-state index in [0.29, 0.717) is 28.6 Å². The summed E-state index contributed by atoms with van der Waals surface area (Å²) >= 11 is 0. The molecule has 4 rings (SSSR count). The molecule has 7 nitrogen and oxygen atoms in total. The molecule has 0 atom stereocenters. The maximum Gasteiger partial charge on any atom is 0.302 e. The molecule has 0 N–H and O–H groups in total. The van der Waals surface area contributed by atoms with Gasteiger partial charge in [0.05, 0.1) is 30.0 Å². The number of rotatable bonds is 5. The highest BCUT2D eigenvalue weighted by molar-refractivity contribution is 6.00. The molecule has 0 saturated carbocycles. The second kappa shape index (κ2) is 9.04. The molecular formula is C24H20F2N6O. The Hall–Kier alpha value is -4.32. The third-order valence-corrected chi connectivity index (χ3v) is 5.30. The third-order valence-electron chi connectivity index (χ3n) is 5.30. The Bertz CT molecular complexity index is 1350. The average Bonchev–Trinajstić information content (AvgIpc) is 3.33. The number of nitrogens with zero attached hydrogens (tertiary/aromatic N) is 6. The van der Waals surface area contributed by atoms with Crippen LogP contribution < -0.4 is 9.64 Å². The van der Waals surface area contributed by atoms with E-state index in [-0.39, 0.29) is 5.84 Å². The lowest BCUT2D eigenvalue weighted by atomic mass is 9.99. The van der Waals surface area contributed by atoms with Crippen molar-refractivity contribution in [2.45, 2.75) is 6.43 Å². The summed E-state index contributed by atoms with van der Waals surface area (Å²) in [5.74, 6) is -0.317. The summed E-state index contributed by atoms with van der Waals surface area (Å²) in [6.07, 6.45) is 0.723. The summed E-state index contributed by atoms with van der Waals surface area (Å²) < 4.78 is 33.7.